The van der Waals surface area contributed by atoms with Crippen LogP contribution in [0.15, 0.2) is 60.8 Å². The minimum atomic E-state index is -1.40. The molecule has 1 spiro atoms. The van der Waals surface area contributed by atoms with Crippen molar-refractivity contribution in [3.8, 4) is 0 Å². The summed E-state index contributed by atoms with van der Waals surface area (Å²) in [5, 5.41) is 12.8. The lowest BCUT2D eigenvalue weighted by atomic mass is 9.84. The van der Waals surface area contributed by atoms with Crippen LogP contribution in [0.3, 0.4) is 0 Å². The second kappa shape index (κ2) is 19.5. The molecule has 1 unspecified atom stereocenters. The first-order valence-corrected chi connectivity index (χ1v) is 23.3. The van der Waals surface area contributed by atoms with Gasteiger partial charge in [0.05, 0.1) is 12.2 Å². The number of aromatic nitrogens is 1. The number of fused-ring (bicyclic) bond motifs is 5. The second-order valence-corrected chi connectivity index (χ2v) is 18.6. The molecule has 8 atom stereocenters. The molecule has 5 fully saturated rings. The van der Waals surface area contributed by atoms with E-state index >= 15 is 0 Å². The lowest BCUT2D eigenvalue weighted by molar-refractivity contribution is -0.150. The second-order valence-electron chi connectivity index (χ2n) is 18.6. The first kappa shape index (κ1) is 44.8. The van der Waals surface area contributed by atoms with Gasteiger partial charge in [-0.15, -0.1) is 0 Å². The Morgan fingerprint density at radius 3 is 2.33 bits per heavy atom. The topological polar surface area (TPSA) is 225 Å². The average molecular weight is 879 g/mol. The normalized spacial score (nSPS) is 28.3. The Bertz CT molecular complexity index is 2220. The molecule has 6 amide bonds. The molecule has 2 aromatic carbocycles. The van der Waals surface area contributed by atoms with Gasteiger partial charge in [0.1, 0.15) is 35.7 Å². The maximum Gasteiger partial charge on any atom is 0.338 e. The molecule has 16 nitrogen and oxygen atoms in total. The lowest BCUT2D eigenvalue weighted by Gasteiger charge is -2.38. The zero-order chi connectivity index (χ0) is 45.0. The van der Waals surface area contributed by atoms with Crippen LogP contribution in [0, 0.1) is 5.92 Å². The number of para-hydroxylation sites is 1. The van der Waals surface area contributed by atoms with E-state index in [1.165, 1.54) is 4.90 Å². The summed E-state index contributed by atoms with van der Waals surface area (Å²) in [6.45, 7) is 1.99. The number of aromatic amines is 1. The summed E-state index contributed by atoms with van der Waals surface area (Å²) in [5.74, 6) is -3.37. The van der Waals surface area contributed by atoms with Crippen LogP contribution in [-0.4, -0.2) is 117 Å². The fourth-order valence-electron chi connectivity index (χ4n) is 10.9. The number of carbonyl (C=O) groups excluding carboxylic acids is 7. The molecule has 2 saturated carbocycles. The Labute approximate surface area is 373 Å². The molecule has 16 heteroatoms. The smallest absolute Gasteiger partial charge is 0.338 e. The number of ether oxygens (including phenoxy) is 1. The van der Waals surface area contributed by atoms with Gasteiger partial charge in [-0.1, -0.05) is 62.1 Å². The van der Waals surface area contributed by atoms with Gasteiger partial charge in [-0.3, -0.25) is 28.8 Å². The van der Waals surface area contributed by atoms with Crippen molar-refractivity contribution >= 4 is 52.3 Å². The van der Waals surface area contributed by atoms with Crippen molar-refractivity contribution in [2.75, 3.05) is 13.2 Å². The Hall–Kier alpha value is -5.77. The number of benzene rings is 2. The predicted molar refractivity (Wildman–Crippen MR) is 237 cm³/mol. The maximum atomic E-state index is 14.9. The third-order valence-corrected chi connectivity index (χ3v) is 14.3. The Morgan fingerprint density at radius 1 is 0.797 bits per heavy atom. The molecule has 5 aliphatic rings. The molecular formula is C48H62N8O8. The predicted octanol–water partition coefficient (Wildman–Crippen LogP) is 3.13. The SMILES string of the molecule is CC(N)[C@@H]1NC(=O)[C@H](Cc2c[nH]c3ccccc23)NC(=O)C2(CCCC2)NC(=O)[C@H](CCCCOC(=O)c2ccccc2)NC(=O)[C@@H]2C[C@@H]3CCCC[C@@H]3N2C(=O)[C@H]2CCCN2C1=O. The van der Waals surface area contributed by atoms with Gasteiger partial charge >= 0.3 is 5.97 Å². The fourth-order valence-corrected chi connectivity index (χ4v) is 10.9. The van der Waals surface area contributed by atoms with Crippen LogP contribution in [0.5, 0.6) is 0 Å². The van der Waals surface area contributed by atoms with E-state index in [9.17, 15) is 33.6 Å². The van der Waals surface area contributed by atoms with E-state index in [0.717, 1.165) is 42.1 Å². The number of unbranched alkanes of at least 4 members (excludes halogenated alkanes) is 1. The molecule has 342 valence electrons. The van der Waals surface area contributed by atoms with Gasteiger partial charge in [-0.25, -0.2) is 4.79 Å². The van der Waals surface area contributed by atoms with Gasteiger partial charge in [0.15, 0.2) is 0 Å². The van der Waals surface area contributed by atoms with E-state index in [2.05, 4.69) is 26.3 Å². The van der Waals surface area contributed by atoms with Crippen molar-refractivity contribution in [2.24, 2.45) is 11.7 Å². The monoisotopic (exact) mass is 878 g/mol. The maximum absolute atomic E-state index is 14.9. The van der Waals surface area contributed by atoms with Gasteiger partial charge in [-0.05, 0) is 101 Å². The summed E-state index contributed by atoms with van der Waals surface area (Å²) >= 11 is 0. The average Bonchev–Trinajstić information content (AvgIpc) is 4.13. The van der Waals surface area contributed by atoms with E-state index in [4.69, 9.17) is 10.5 Å². The number of rotatable bonds is 9. The van der Waals surface area contributed by atoms with Gasteiger partial charge in [0.2, 0.25) is 35.4 Å². The van der Waals surface area contributed by atoms with Gasteiger partial charge in [0.25, 0.3) is 0 Å². The number of amides is 6. The highest BCUT2D eigenvalue weighted by molar-refractivity contribution is 6.00. The lowest BCUT2D eigenvalue weighted by Crippen LogP contribution is -2.66. The van der Waals surface area contributed by atoms with Crippen LogP contribution < -0.4 is 27.0 Å². The van der Waals surface area contributed by atoms with Crippen molar-refractivity contribution in [3.63, 3.8) is 0 Å². The van der Waals surface area contributed by atoms with Crippen LogP contribution in [0.1, 0.15) is 113 Å². The number of nitrogens with one attached hydrogen (secondary N) is 5. The molecule has 1 aromatic heterocycles. The molecular weight excluding hydrogens is 817 g/mol. The third kappa shape index (κ3) is 9.38. The van der Waals surface area contributed by atoms with Crippen molar-refractivity contribution in [1.29, 1.82) is 0 Å². The standard InChI is InChI=1S/C48H62N8O8/c1-29(49)40-45(61)55-24-13-21-38(55)44(60)56-37-20-8-5-16-31(37)27-39(56)43(59)51-35(19-9-12-25-64-46(62)30-14-3-2-4-15-30)42(58)54-48(22-10-11-23-48)47(63)52-36(41(57)53-40)26-32-28-50-34-18-7-6-17-33(32)34/h2-4,6-7,14-15,17-18,28-29,31,35-40,50H,5,8-13,16,19-27,49H2,1H3,(H,51,59)(H,52,63)(H,53,57)(H,54,58)/t29?,31-,35-,36-,37-,38+,39-,40-/m0/s1. The number of nitrogens with zero attached hydrogens (tertiary/aromatic N) is 2. The molecule has 7 N–H and O–H groups in total. The number of esters is 1. The number of nitrogens with two attached hydrogens (primary N) is 1. The fraction of sp³-hybridized carbons (Fsp3) is 0.562. The van der Waals surface area contributed by atoms with Gasteiger partial charge < -0.3 is 46.5 Å². The molecule has 3 aliphatic heterocycles. The third-order valence-electron chi connectivity index (χ3n) is 14.3. The highest BCUT2D eigenvalue weighted by Gasteiger charge is 2.52. The Balaban J connectivity index is 1.12. The Kier molecular flexibility index (Phi) is 13.7. The van der Waals surface area contributed by atoms with E-state index < -0.39 is 77.3 Å². The molecule has 4 heterocycles. The summed E-state index contributed by atoms with van der Waals surface area (Å²) in [7, 11) is 0. The summed E-state index contributed by atoms with van der Waals surface area (Å²) in [6.07, 6.45) is 9.49. The van der Waals surface area contributed by atoms with Crippen molar-refractivity contribution in [2.45, 2.75) is 151 Å². The van der Waals surface area contributed by atoms with Gasteiger partial charge in [0, 0.05) is 42.1 Å². The summed E-state index contributed by atoms with van der Waals surface area (Å²) in [5.41, 5.74) is 7.10. The molecule has 0 radical (unpaired) electrons. The first-order valence-electron chi connectivity index (χ1n) is 23.3. The van der Waals surface area contributed by atoms with Crippen LogP contribution in [-0.2, 0) is 39.9 Å². The number of H-pyrrole nitrogens is 1. The van der Waals surface area contributed by atoms with Crippen LogP contribution in [0.4, 0.5) is 0 Å². The molecule has 8 rings (SSSR count). The number of hydrogen-bond acceptors (Lipinski definition) is 9. The van der Waals surface area contributed by atoms with E-state index in [1.807, 2.05) is 30.3 Å². The minimum Gasteiger partial charge on any atom is -0.462 e. The number of carbonyl (C=O) groups is 7. The summed E-state index contributed by atoms with van der Waals surface area (Å²) in [6, 6.07) is 9.95. The summed E-state index contributed by atoms with van der Waals surface area (Å²) < 4.78 is 5.50. The molecule has 64 heavy (non-hydrogen) atoms. The van der Waals surface area contributed by atoms with Gasteiger partial charge in [-0.2, -0.15) is 0 Å². The molecule has 3 aromatic rings. The molecule has 0 bridgehead atoms. The van der Waals surface area contributed by atoms with Crippen LogP contribution in [0.25, 0.3) is 10.9 Å². The Morgan fingerprint density at radius 2 is 1.55 bits per heavy atom. The highest BCUT2D eigenvalue weighted by atomic mass is 16.5. The molecule has 2 aliphatic carbocycles. The van der Waals surface area contributed by atoms with E-state index in [-0.39, 0.29) is 43.9 Å². The summed E-state index contributed by atoms with van der Waals surface area (Å²) in [4.78, 5) is 107. The van der Waals surface area contributed by atoms with Crippen molar-refractivity contribution in [1.82, 2.24) is 36.1 Å². The quantitative estimate of drug-likeness (QED) is 0.137. The van der Waals surface area contributed by atoms with Crippen LogP contribution >= 0.6 is 0 Å². The minimum absolute atomic E-state index is 0.0583. The number of hydrogen-bond donors (Lipinski definition) is 6. The van der Waals surface area contributed by atoms with Crippen molar-refractivity contribution in [3.05, 3.63) is 71.9 Å². The zero-order valence-corrected chi connectivity index (χ0v) is 36.7. The largest absolute Gasteiger partial charge is 0.462 e. The molecule has 3 saturated heterocycles. The van der Waals surface area contributed by atoms with E-state index in [0.29, 0.717) is 63.4 Å². The first-order chi connectivity index (χ1) is 30.9. The van der Waals surface area contributed by atoms with Crippen molar-refractivity contribution < 1.29 is 38.3 Å². The zero-order valence-electron chi connectivity index (χ0n) is 36.7. The van der Waals surface area contributed by atoms with Crippen LogP contribution in [0.2, 0.25) is 0 Å². The highest BCUT2D eigenvalue weighted by Crippen LogP contribution is 2.41. The van der Waals surface area contributed by atoms with E-state index in [1.54, 1.807) is 42.3 Å².